The summed E-state index contributed by atoms with van der Waals surface area (Å²) in [6, 6.07) is 8.79. The van der Waals surface area contributed by atoms with E-state index < -0.39 is 15.8 Å². The zero-order valence-electron chi connectivity index (χ0n) is 15.6. The number of sulfone groups is 1. The molecule has 1 saturated heterocycles. The number of amides is 1. The van der Waals surface area contributed by atoms with Gasteiger partial charge in [0.05, 0.1) is 24.5 Å². The SMILES string of the molecule is CCCCN(C(=O)COC(=O)CCOc1ccccc1)C1CCS(=O)(=O)C1. The third-order valence-corrected chi connectivity index (χ3v) is 6.15. The average Bonchev–Trinajstić information content (AvgIpc) is 3.01. The van der Waals surface area contributed by atoms with Gasteiger partial charge in [-0.15, -0.1) is 0 Å². The fourth-order valence-corrected chi connectivity index (χ4v) is 4.66. The molecule has 1 unspecified atom stereocenters. The molecule has 0 radical (unpaired) electrons. The van der Waals surface area contributed by atoms with Gasteiger partial charge in [0.2, 0.25) is 0 Å². The normalized spacial score (nSPS) is 18.0. The lowest BCUT2D eigenvalue weighted by molar-refractivity contribution is -0.153. The van der Waals surface area contributed by atoms with Crippen LogP contribution in [0.2, 0.25) is 0 Å². The molecule has 1 fully saturated rings. The highest BCUT2D eigenvalue weighted by molar-refractivity contribution is 7.91. The fraction of sp³-hybridized carbons (Fsp3) is 0.579. The molecular weight excluding hydrogens is 370 g/mol. The lowest BCUT2D eigenvalue weighted by Gasteiger charge is -2.28. The molecule has 0 aliphatic carbocycles. The molecular formula is C19H27NO6S. The molecule has 1 aliphatic rings. The number of ether oxygens (including phenoxy) is 2. The first kappa shape index (κ1) is 21.2. The fourth-order valence-electron chi connectivity index (χ4n) is 2.93. The molecule has 0 spiro atoms. The summed E-state index contributed by atoms with van der Waals surface area (Å²) in [5.41, 5.74) is 0. The number of unbranched alkanes of at least 4 members (excludes halogenated alkanes) is 1. The predicted molar refractivity (Wildman–Crippen MR) is 101 cm³/mol. The van der Waals surface area contributed by atoms with Gasteiger partial charge in [0, 0.05) is 12.6 Å². The van der Waals surface area contributed by atoms with Gasteiger partial charge >= 0.3 is 5.97 Å². The van der Waals surface area contributed by atoms with Gasteiger partial charge in [-0.2, -0.15) is 0 Å². The molecule has 7 nitrogen and oxygen atoms in total. The minimum atomic E-state index is -3.09. The minimum absolute atomic E-state index is 0.0126. The molecule has 1 atom stereocenters. The highest BCUT2D eigenvalue weighted by atomic mass is 32.2. The minimum Gasteiger partial charge on any atom is -0.493 e. The zero-order valence-corrected chi connectivity index (χ0v) is 16.4. The second kappa shape index (κ2) is 10.3. The lowest BCUT2D eigenvalue weighted by atomic mass is 10.2. The first-order valence-electron chi connectivity index (χ1n) is 9.24. The molecule has 8 heteroatoms. The van der Waals surface area contributed by atoms with E-state index in [9.17, 15) is 18.0 Å². The van der Waals surface area contributed by atoms with E-state index in [2.05, 4.69) is 0 Å². The van der Waals surface area contributed by atoms with Gasteiger partial charge in [-0.05, 0) is 25.0 Å². The van der Waals surface area contributed by atoms with E-state index >= 15 is 0 Å². The van der Waals surface area contributed by atoms with Gasteiger partial charge in [-0.1, -0.05) is 31.5 Å². The summed E-state index contributed by atoms with van der Waals surface area (Å²) >= 11 is 0. The number of carbonyl (C=O) groups excluding carboxylic acids is 2. The van der Waals surface area contributed by atoms with E-state index in [1.165, 1.54) is 0 Å². The second-order valence-corrected chi connectivity index (χ2v) is 8.80. The molecule has 2 rings (SSSR count). The summed E-state index contributed by atoms with van der Waals surface area (Å²) in [6.45, 7) is 2.27. The van der Waals surface area contributed by atoms with Gasteiger partial charge in [-0.3, -0.25) is 9.59 Å². The molecule has 0 bridgehead atoms. The van der Waals surface area contributed by atoms with Crippen molar-refractivity contribution in [2.24, 2.45) is 0 Å². The van der Waals surface area contributed by atoms with Gasteiger partial charge in [0.1, 0.15) is 5.75 Å². The Morgan fingerprint density at radius 3 is 2.59 bits per heavy atom. The number of esters is 1. The van der Waals surface area contributed by atoms with E-state index in [1.807, 2.05) is 25.1 Å². The van der Waals surface area contributed by atoms with Crippen LogP contribution in [0.5, 0.6) is 5.75 Å². The Hall–Kier alpha value is -2.09. The summed E-state index contributed by atoms with van der Waals surface area (Å²) in [5, 5.41) is 0. The van der Waals surface area contributed by atoms with Gasteiger partial charge < -0.3 is 14.4 Å². The summed E-state index contributed by atoms with van der Waals surface area (Å²) in [6.07, 6.45) is 2.15. The largest absolute Gasteiger partial charge is 0.493 e. The van der Waals surface area contributed by atoms with Crippen LogP contribution in [0.15, 0.2) is 30.3 Å². The van der Waals surface area contributed by atoms with Crippen LogP contribution in [0.25, 0.3) is 0 Å². The van der Waals surface area contributed by atoms with Gasteiger partial charge in [0.25, 0.3) is 5.91 Å². The summed E-state index contributed by atoms with van der Waals surface area (Å²) < 4.78 is 33.9. The summed E-state index contributed by atoms with van der Waals surface area (Å²) in [4.78, 5) is 25.9. The Morgan fingerprint density at radius 1 is 1.22 bits per heavy atom. The maximum absolute atomic E-state index is 12.5. The summed E-state index contributed by atoms with van der Waals surface area (Å²) in [7, 11) is -3.09. The summed E-state index contributed by atoms with van der Waals surface area (Å²) in [5.74, 6) is -0.114. The molecule has 1 aromatic carbocycles. The van der Waals surface area contributed by atoms with E-state index in [1.54, 1.807) is 17.0 Å². The Kier molecular flexibility index (Phi) is 8.09. The van der Waals surface area contributed by atoms with Gasteiger partial charge in [-0.25, -0.2) is 8.42 Å². The third kappa shape index (κ3) is 7.21. The molecule has 1 amide bonds. The van der Waals surface area contributed by atoms with Crippen molar-refractivity contribution in [2.45, 2.75) is 38.6 Å². The van der Waals surface area contributed by atoms with Crippen molar-refractivity contribution in [2.75, 3.05) is 31.3 Å². The Labute approximate surface area is 160 Å². The van der Waals surface area contributed by atoms with Crippen LogP contribution in [-0.2, 0) is 24.2 Å². The van der Waals surface area contributed by atoms with E-state index in [0.29, 0.717) is 18.7 Å². The van der Waals surface area contributed by atoms with Crippen molar-refractivity contribution in [3.05, 3.63) is 30.3 Å². The first-order valence-corrected chi connectivity index (χ1v) is 11.1. The topological polar surface area (TPSA) is 90.0 Å². The number of rotatable bonds is 10. The zero-order chi connectivity index (χ0) is 19.7. The number of para-hydroxylation sites is 1. The van der Waals surface area contributed by atoms with Crippen molar-refractivity contribution in [1.29, 1.82) is 0 Å². The molecule has 0 aromatic heterocycles. The molecule has 1 aliphatic heterocycles. The van der Waals surface area contributed by atoms with Crippen molar-refractivity contribution >= 4 is 21.7 Å². The quantitative estimate of drug-likeness (QED) is 0.560. The van der Waals surface area contributed by atoms with Crippen LogP contribution in [0.3, 0.4) is 0 Å². The van der Waals surface area contributed by atoms with Crippen LogP contribution in [0.4, 0.5) is 0 Å². The van der Waals surface area contributed by atoms with Crippen LogP contribution < -0.4 is 4.74 Å². The lowest BCUT2D eigenvalue weighted by Crippen LogP contribution is -2.43. The van der Waals surface area contributed by atoms with E-state index in [0.717, 1.165) is 12.8 Å². The highest BCUT2D eigenvalue weighted by Crippen LogP contribution is 2.19. The van der Waals surface area contributed by atoms with Crippen molar-refractivity contribution in [3.63, 3.8) is 0 Å². The van der Waals surface area contributed by atoms with E-state index in [-0.39, 0.29) is 43.1 Å². The smallest absolute Gasteiger partial charge is 0.309 e. The van der Waals surface area contributed by atoms with Crippen molar-refractivity contribution in [1.82, 2.24) is 4.90 Å². The molecule has 150 valence electrons. The van der Waals surface area contributed by atoms with Crippen LogP contribution >= 0.6 is 0 Å². The second-order valence-electron chi connectivity index (χ2n) is 6.57. The maximum atomic E-state index is 12.5. The third-order valence-electron chi connectivity index (χ3n) is 4.40. The number of hydrogen-bond donors (Lipinski definition) is 0. The first-order chi connectivity index (χ1) is 12.9. The van der Waals surface area contributed by atoms with E-state index in [4.69, 9.17) is 9.47 Å². The Balaban J connectivity index is 1.77. The Morgan fingerprint density at radius 2 is 1.96 bits per heavy atom. The Bertz CT molecular complexity index is 719. The predicted octanol–water partition coefficient (Wildman–Crippen LogP) is 1.81. The monoisotopic (exact) mass is 397 g/mol. The molecule has 0 saturated carbocycles. The van der Waals surface area contributed by atoms with Crippen molar-refractivity contribution in [3.8, 4) is 5.75 Å². The highest BCUT2D eigenvalue weighted by Gasteiger charge is 2.34. The maximum Gasteiger partial charge on any atom is 0.309 e. The number of carbonyl (C=O) groups is 2. The standard InChI is InChI=1S/C19H27NO6S/c1-2-3-11-20(16-10-13-27(23,24)15-16)18(21)14-26-19(22)9-12-25-17-7-5-4-6-8-17/h4-8,16H,2-3,9-15H2,1H3. The molecule has 1 heterocycles. The molecule has 0 N–H and O–H groups in total. The number of benzene rings is 1. The number of nitrogens with zero attached hydrogens (tertiary/aromatic N) is 1. The van der Waals surface area contributed by atoms with Crippen LogP contribution in [0.1, 0.15) is 32.6 Å². The average molecular weight is 397 g/mol. The van der Waals surface area contributed by atoms with Crippen LogP contribution in [-0.4, -0.2) is 62.5 Å². The number of hydrogen-bond acceptors (Lipinski definition) is 6. The molecule has 1 aromatic rings. The van der Waals surface area contributed by atoms with Gasteiger partial charge in [0.15, 0.2) is 16.4 Å². The van der Waals surface area contributed by atoms with Crippen LogP contribution in [0, 0.1) is 0 Å². The van der Waals surface area contributed by atoms with Crippen molar-refractivity contribution < 1.29 is 27.5 Å². The molecule has 27 heavy (non-hydrogen) atoms.